The molecule has 15 heavy (non-hydrogen) atoms. The molecule has 76 valence electrons. The number of benzene rings is 1. The number of carbonyl (C=O) groups is 1. The van der Waals surface area contributed by atoms with Gasteiger partial charge in [0.1, 0.15) is 0 Å². The monoisotopic (exact) mass is 238 g/mol. The molecule has 2 nitrogen and oxygen atoms in total. The third kappa shape index (κ3) is 2.03. The normalized spacial score (nSPS) is 10.2. The molecular weight excluding hydrogens is 232 g/mol. The van der Waals surface area contributed by atoms with Crippen LogP contribution in [0.5, 0.6) is 0 Å². The van der Waals surface area contributed by atoms with Crippen molar-refractivity contribution >= 4 is 28.9 Å². The van der Waals surface area contributed by atoms with Gasteiger partial charge in [-0.1, -0.05) is 23.7 Å². The predicted octanol–water partition coefficient (Wildman–Crippen LogP) is 3.77. The molecule has 0 saturated carbocycles. The van der Waals surface area contributed by atoms with E-state index in [2.05, 4.69) is 0 Å². The molecule has 0 aliphatic heterocycles. The SMILES string of the molecule is O=C(O)c1cscc1-c1cccc(Cl)c1. The lowest BCUT2D eigenvalue weighted by Gasteiger charge is -2.00. The summed E-state index contributed by atoms with van der Waals surface area (Å²) in [5.74, 6) is -0.911. The van der Waals surface area contributed by atoms with E-state index in [1.54, 1.807) is 23.6 Å². The Morgan fingerprint density at radius 1 is 1.33 bits per heavy atom. The fourth-order valence-electron chi connectivity index (χ4n) is 1.34. The molecule has 0 unspecified atom stereocenters. The van der Waals surface area contributed by atoms with Crippen LogP contribution in [0.2, 0.25) is 5.02 Å². The Hall–Kier alpha value is -1.32. The summed E-state index contributed by atoms with van der Waals surface area (Å²) in [6.45, 7) is 0. The lowest BCUT2D eigenvalue weighted by Crippen LogP contribution is -1.95. The molecule has 0 atom stereocenters. The average Bonchev–Trinajstić information content (AvgIpc) is 2.65. The number of hydrogen-bond acceptors (Lipinski definition) is 2. The highest BCUT2D eigenvalue weighted by Gasteiger charge is 2.12. The van der Waals surface area contributed by atoms with E-state index in [1.165, 1.54) is 11.3 Å². The van der Waals surface area contributed by atoms with Crippen molar-refractivity contribution in [3.05, 3.63) is 45.6 Å². The minimum atomic E-state index is -0.911. The van der Waals surface area contributed by atoms with E-state index in [1.807, 2.05) is 11.4 Å². The van der Waals surface area contributed by atoms with E-state index in [-0.39, 0.29) is 0 Å². The van der Waals surface area contributed by atoms with E-state index in [4.69, 9.17) is 16.7 Å². The quantitative estimate of drug-likeness (QED) is 0.865. The van der Waals surface area contributed by atoms with Crippen LogP contribution in [0.1, 0.15) is 10.4 Å². The van der Waals surface area contributed by atoms with E-state index in [0.29, 0.717) is 10.6 Å². The molecule has 0 aliphatic rings. The van der Waals surface area contributed by atoms with Gasteiger partial charge in [0.25, 0.3) is 0 Å². The number of aromatic carboxylic acids is 1. The second-order valence-electron chi connectivity index (χ2n) is 3.01. The van der Waals surface area contributed by atoms with Crippen LogP contribution in [-0.2, 0) is 0 Å². The summed E-state index contributed by atoms with van der Waals surface area (Å²) in [7, 11) is 0. The maximum atomic E-state index is 10.9. The Morgan fingerprint density at radius 3 is 2.80 bits per heavy atom. The van der Waals surface area contributed by atoms with Gasteiger partial charge in [-0.05, 0) is 23.1 Å². The zero-order valence-electron chi connectivity index (χ0n) is 7.61. The molecule has 0 fully saturated rings. The molecule has 1 aromatic heterocycles. The van der Waals surface area contributed by atoms with Crippen LogP contribution < -0.4 is 0 Å². The molecule has 2 rings (SSSR count). The molecule has 2 aromatic rings. The lowest BCUT2D eigenvalue weighted by atomic mass is 10.1. The largest absolute Gasteiger partial charge is 0.478 e. The maximum Gasteiger partial charge on any atom is 0.337 e. The van der Waals surface area contributed by atoms with Gasteiger partial charge >= 0.3 is 5.97 Å². The zero-order valence-corrected chi connectivity index (χ0v) is 9.18. The Labute approximate surface area is 95.8 Å². The zero-order chi connectivity index (χ0) is 10.8. The van der Waals surface area contributed by atoms with Gasteiger partial charge in [-0.15, -0.1) is 0 Å². The Balaban J connectivity index is 2.54. The molecular formula is C11H7ClO2S. The second kappa shape index (κ2) is 4.04. The molecule has 4 heteroatoms. The van der Waals surface area contributed by atoms with Crippen LogP contribution >= 0.6 is 22.9 Å². The van der Waals surface area contributed by atoms with Crippen molar-refractivity contribution in [2.24, 2.45) is 0 Å². The molecule has 0 spiro atoms. The van der Waals surface area contributed by atoms with Crippen LogP contribution in [0.4, 0.5) is 0 Å². The van der Waals surface area contributed by atoms with Crippen LogP contribution in [0.3, 0.4) is 0 Å². The minimum absolute atomic E-state index is 0.322. The Kier molecular flexibility index (Phi) is 2.75. The molecule has 0 amide bonds. The summed E-state index contributed by atoms with van der Waals surface area (Å²) < 4.78 is 0. The number of thiophene rings is 1. The Morgan fingerprint density at radius 2 is 2.13 bits per heavy atom. The first-order valence-corrected chi connectivity index (χ1v) is 5.56. The lowest BCUT2D eigenvalue weighted by molar-refractivity contribution is 0.0698. The van der Waals surface area contributed by atoms with E-state index < -0.39 is 5.97 Å². The number of halogens is 1. The molecule has 0 bridgehead atoms. The van der Waals surface area contributed by atoms with Crippen LogP contribution in [0.25, 0.3) is 11.1 Å². The minimum Gasteiger partial charge on any atom is -0.478 e. The van der Waals surface area contributed by atoms with Crippen LogP contribution in [0, 0.1) is 0 Å². The highest BCUT2D eigenvalue weighted by Crippen LogP contribution is 2.29. The molecule has 1 N–H and O–H groups in total. The maximum absolute atomic E-state index is 10.9. The van der Waals surface area contributed by atoms with Gasteiger partial charge in [0.05, 0.1) is 5.56 Å². The van der Waals surface area contributed by atoms with Gasteiger partial charge in [0, 0.05) is 16.0 Å². The van der Waals surface area contributed by atoms with Crippen LogP contribution in [0.15, 0.2) is 35.0 Å². The van der Waals surface area contributed by atoms with Crippen molar-refractivity contribution in [2.45, 2.75) is 0 Å². The van der Waals surface area contributed by atoms with Crippen molar-refractivity contribution in [2.75, 3.05) is 0 Å². The summed E-state index contributed by atoms with van der Waals surface area (Å²) in [4.78, 5) is 10.9. The topological polar surface area (TPSA) is 37.3 Å². The summed E-state index contributed by atoms with van der Waals surface area (Å²) in [5.41, 5.74) is 1.87. The summed E-state index contributed by atoms with van der Waals surface area (Å²) in [5, 5.41) is 13.0. The molecule has 1 aromatic carbocycles. The van der Waals surface area contributed by atoms with Crippen molar-refractivity contribution in [3.8, 4) is 11.1 Å². The number of carboxylic acids is 1. The summed E-state index contributed by atoms with van der Waals surface area (Å²) >= 11 is 7.22. The molecule has 0 radical (unpaired) electrons. The fourth-order valence-corrected chi connectivity index (χ4v) is 2.36. The third-order valence-corrected chi connectivity index (χ3v) is 3.01. The van der Waals surface area contributed by atoms with Gasteiger partial charge in [-0.25, -0.2) is 4.79 Å². The summed E-state index contributed by atoms with van der Waals surface area (Å²) in [6, 6.07) is 7.18. The fraction of sp³-hybridized carbons (Fsp3) is 0. The molecule has 1 heterocycles. The van der Waals surface area contributed by atoms with Crippen molar-refractivity contribution < 1.29 is 9.90 Å². The Bertz CT molecular complexity index is 505. The average molecular weight is 239 g/mol. The predicted molar refractivity (Wildman–Crippen MR) is 61.7 cm³/mol. The van der Waals surface area contributed by atoms with Crippen molar-refractivity contribution in [1.29, 1.82) is 0 Å². The summed E-state index contributed by atoms with van der Waals surface area (Å²) in [6.07, 6.45) is 0. The standard InChI is InChI=1S/C11H7ClO2S/c12-8-3-1-2-7(4-8)9-5-15-6-10(9)11(13)14/h1-6H,(H,13,14). The first kappa shape index (κ1) is 10.2. The van der Waals surface area contributed by atoms with E-state index in [9.17, 15) is 4.79 Å². The number of hydrogen-bond donors (Lipinski definition) is 1. The van der Waals surface area contributed by atoms with Crippen LogP contribution in [-0.4, -0.2) is 11.1 Å². The first-order valence-electron chi connectivity index (χ1n) is 4.24. The van der Waals surface area contributed by atoms with Crippen molar-refractivity contribution in [3.63, 3.8) is 0 Å². The first-order chi connectivity index (χ1) is 7.18. The smallest absolute Gasteiger partial charge is 0.337 e. The highest BCUT2D eigenvalue weighted by atomic mass is 35.5. The highest BCUT2D eigenvalue weighted by molar-refractivity contribution is 7.08. The molecule has 0 aliphatic carbocycles. The van der Waals surface area contributed by atoms with Crippen molar-refractivity contribution in [1.82, 2.24) is 0 Å². The van der Waals surface area contributed by atoms with Gasteiger partial charge in [-0.2, -0.15) is 11.3 Å². The molecule has 0 saturated heterocycles. The second-order valence-corrected chi connectivity index (χ2v) is 4.19. The van der Waals surface area contributed by atoms with E-state index >= 15 is 0 Å². The van der Waals surface area contributed by atoms with Gasteiger partial charge in [-0.3, -0.25) is 0 Å². The van der Waals surface area contributed by atoms with Gasteiger partial charge < -0.3 is 5.11 Å². The van der Waals surface area contributed by atoms with Gasteiger partial charge in [0.15, 0.2) is 0 Å². The number of rotatable bonds is 2. The number of carboxylic acid groups (broad SMARTS) is 1. The van der Waals surface area contributed by atoms with E-state index in [0.717, 1.165) is 11.1 Å². The third-order valence-electron chi connectivity index (χ3n) is 2.03. The van der Waals surface area contributed by atoms with Gasteiger partial charge in [0.2, 0.25) is 0 Å².